The van der Waals surface area contributed by atoms with E-state index in [1.165, 1.54) is 25.7 Å². The van der Waals surface area contributed by atoms with Gasteiger partial charge in [-0.25, -0.2) is 6.57 Å². The fourth-order valence-electron chi connectivity index (χ4n) is 2.07. The molecule has 0 aromatic heterocycles. The van der Waals surface area contributed by atoms with Crippen LogP contribution < -0.4 is 0 Å². The van der Waals surface area contributed by atoms with Gasteiger partial charge < -0.3 is 4.85 Å². The Labute approximate surface area is 69.6 Å². The molecule has 11 heavy (non-hydrogen) atoms. The third kappa shape index (κ3) is 2.93. The fourth-order valence-corrected chi connectivity index (χ4v) is 2.07. The quantitative estimate of drug-likeness (QED) is 0.534. The predicted octanol–water partition coefficient (Wildman–Crippen LogP) is 3.12. The minimum atomic E-state index is 0.747. The molecule has 0 radical (unpaired) electrons. The first-order valence-electron chi connectivity index (χ1n) is 4.66. The maximum absolute atomic E-state index is 6.70. The zero-order chi connectivity index (χ0) is 8.10. The van der Waals surface area contributed by atoms with Crippen molar-refractivity contribution in [1.29, 1.82) is 0 Å². The summed E-state index contributed by atoms with van der Waals surface area (Å²) in [6.45, 7) is 9.78. The van der Waals surface area contributed by atoms with Crippen LogP contribution >= 0.6 is 0 Å². The molecule has 1 heteroatoms. The Hall–Kier alpha value is -0.510. The lowest BCUT2D eigenvalue weighted by Gasteiger charge is -2.24. The van der Waals surface area contributed by atoms with Crippen LogP contribution in [0.1, 0.15) is 39.0 Å². The van der Waals surface area contributed by atoms with E-state index in [1.54, 1.807) is 0 Å². The van der Waals surface area contributed by atoms with Crippen molar-refractivity contribution in [2.45, 2.75) is 39.0 Å². The van der Waals surface area contributed by atoms with Gasteiger partial charge in [0.1, 0.15) is 0 Å². The number of rotatable bonds is 2. The van der Waals surface area contributed by atoms with Gasteiger partial charge in [0, 0.05) is 6.42 Å². The number of nitrogens with zero attached hydrogens (tertiary/aromatic N) is 1. The molecule has 1 nitrogen and oxygen atoms in total. The van der Waals surface area contributed by atoms with Crippen molar-refractivity contribution in [1.82, 2.24) is 0 Å². The third-order valence-electron chi connectivity index (χ3n) is 2.69. The maximum Gasteiger partial charge on any atom is 0.214 e. The van der Waals surface area contributed by atoms with Crippen molar-refractivity contribution in [3.05, 3.63) is 11.4 Å². The Bertz CT molecular complexity index is 145. The monoisotopic (exact) mass is 151 g/mol. The van der Waals surface area contributed by atoms with Gasteiger partial charge in [-0.15, -0.1) is 0 Å². The molecule has 2 unspecified atom stereocenters. The van der Waals surface area contributed by atoms with Crippen molar-refractivity contribution in [3.8, 4) is 0 Å². The largest absolute Gasteiger partial charge is 0.317 e. The fraction of sp³-hybridized carbons (Fsp3) is 0.900. The Kier molecular flexibility index (Phi) is 3.42. The zero-order valence-corrected chi connectivity index (χ0v) is 7.34. The van der Waals surface area contributed by atoms with Gasteiger partial charge in [-0.2, -0.15) is 0 Å². The molecule has 1 fully saturated rings. The van der Waals surface area contributed by atoms with E-state index in [1.807, 2.05) is 0 Å². The summed E-state index contributed by atoms with van der Waals surface area (Å²) in [5, 5.41) is 0. The summed E-state index contributed by atoms with van der Waals surface area (Å²) >= 11 is 0. The Balaban J connectivity index is 2.18. The van der Waals surface area contributed by atoms with Crippen molar-refractivity contribution in [2.75, 3.05) is 6.54 Å². The van der Waals surface area contributed by atoms with E-state index in [-0.39, 0.29) is 0 Å². The summed E-state index contributed by atoms with van der Waals surface area (Å²) in [5.41, 5.74) is 0. The molecule has 1 aliphatic carbocycles. The Morgan fingerprint density at radius 2 is 2.27 bits per heavy atom. The number of hydrogen-bond donors (Lipinski definition) is 0. The molecule has 0 N–H and O–H groups in total. The molecule has 0 aromatic carbocycles. The second-order valence-corrected chi connectivity index (χ2v) is 3.81. The van der Waals surface area contributed by atoms with Gasteiger partial charge in [0.05, 0.1) is 0 Å². The first kappa shape index (κ1) is 8.59. The van der Waals surface area contributed by atoms with E-state index < -0.39 is 0 Å². The second kappa shape index (κ2) is 4.38. The van der Waals surface area contributed by atoms with Gasteiger partial charge in [0.2, 0.25) is 6.54 Å². The summed E-state index contributed by atoms with van der Waals surface area (Å²) < 4.78 is 0. The topological polar surface area (TPSA) is 4.36 Å². The molecule has 2 atom stereocenters. The SMILES string of the molecule is [C-]#[N+]CCC1CCCC(C)C1. The highest BCUT2D eigenvalue weighted by atomic mass is 14.6. The van der Waals surface area contributed by atoms with Gasteiger partial charge in [-0.05, 0) is 18.3 Å². The smallest absolute Gasteiger partial charge is 0.214 e. The molecule has 1 saturated carbocycles. The average Bonchev–Trinajstić information content (AvgIpc) is 2.01. The maximum atomic E-state index is 6.70. The van der Waals surface area contributed by atoms with E-state index in [0.29, 0.717) is 0 Å². The normalized spacial score (nSPS) is 31.3. The Morgan fingerprint density at radius 3 is 2.91 bits per heavy atom. The molecule has 0 aliphatic heterocycles. The summed E-state index contributed by atoms with van der Waals surface area (Å²) in [5.74, 6) is 1.78. The molecule has 0 saturated heterocycles. The first-order valence-corrected chi connectivity index (χ1v) is 4.66. The van der Waals surface area contributed by atoms with Crippen LogP contribution in [-0.2, 0) is 0 Å². The van der Waals surface area contributed by atoms with Crippen molar-refractivity contribution >= 4 is 0 Å². The average molecular weight is 151 g/mol. The summed E-state index contributed by atoms with van der Waals surface area (Å²) in [7, 11) is 0. The van der Waals surface area contributed by atoms with Gasteiger partial charge in [0.15, 0.2) is 0 Å². The van der Waals surface area contributed by atoms with E-state index in [0.717, 1.165) is 24.8 Å². The van der Waals surface area contributed by atoms with Gasteiger partial charge in [-0.3, -0.25) is 0 Å². The van der Waals surface area contributed by atoms with E-state index in [9.17, 15) is 0 Å². The van der Waals surface area contributed by atoms with Gasteiger partial charge in [0.25, 0.3) is 0 Å². The lowest BCUT2D eigenvalue weighted by molar-refractivity contribution is 0.275. The van der Waals surface area contributed by atoms with Crippen LogP contribution in [0.5, 0.6) is 0 Å². The molecule has 62 valence electrons. The summed E-state index contributed by atoms with van der Waals surface area (Å²) in [6.07, 6.45) is 6.70. The van der Waals surface area contributed by atoms with Crippen molar-refractivity contribution < 1.29 is 0 Å². The standard InChI is InChI=1S/C10H17N/c1-9-4-3-5-10(8-9)6-7-11-2/h9-10H,3-8H2,1H3. The highest BCUT2D eigenvalue weighted by molar-refractivity contribution is 4.73. The molecule has 0 bridgehead atoms. The number of hydrogen-bond acceptors (Lipinski definition) is 0. The van der Waals surface area contributed by atoms with Gasteiger partial charge >= 0.3 is 0 Å². The minimum absolute atomic E-state index is 0.747. The molecule has 0 heterocycles. The summed E-state index contributed by atoms with van der Waals surface area (Å²) in [6, 6.07) is 0. The molecule has 1 aliphatic rings. The molecule has 0 spiro atoms. The second-order valence-electron chi connectivity index (χ2n) is 3.81. The van der Waals surface area contributed by atoms with E-state index >= 15 is 0 Å². The first-order chi connectivity index (χ1) is 5.33. The van der Waals surface area contributed by atoms with Crippen LogP contribution in [0, 0.1) is 18.4 Å². The summed E-state index contributed by atoms with van der Waals surface area (Å²) in [4.78, 5) is 3.40. The lowest BCUT2D eigenvalue weighted by atomic mass is 9.81. The molecule has 1 rings (SSSR count). The molecule has 0 aromatic rings. The zero-order valence-electron chi connectivity index (χ0n) is 7.34. The van der Waals surface area contributed by atoms with Crippen LogP contribution in [0.15, 0.2) is 0 Å². The predicted molar refractivity (Wildman–Crippen MR) is 47.2 cm³/mol. The molecular weight excluding hydrogens is 134 g/mol. The van der Waals surface area contributed by atoms with Crippen LogP contribution in [0.3, 0.4) is 0 Å². The minimum Gasteiger partial charge on any atom is -0.317 e. The van der Waals surface area contributed by atoms with E-state index in [4.69, 9.17) is 6.57 Å². The highest BCUT2D eigenvalue weighted by Crippen LogP contribution is 2.30. The Morgan fingerprint density at radius 1 is 1.45 bits per heavy atom. The highest BCUT2D eigenvalue weighted by Gasteiger charge is 2.18. The molecular formula is C10H17N. The van der Waals surface area contributed by atoms with Crippen LogP contribution in [0.4, 0.5) is 0 Å². The third-order valence-corrected chi connectivity index (χ3v) is 2.69. The van der Waals surface area contributed by atoms with Crippen LogP contribution in [-0.4, -0.2) is 6.54 Å². The van der Waals surface area contributed by atoms with Crippen LogP contribution in [0.2, 0.25) is 0 Å². The van der Waals surface area contributed by atoms with Crippen molar-refractivity contribution in [2.24, 2.45) is 11.8 Å². The van der Waals surface area contributed by atoms with Crippen molar-refractivity contribution in [3.63, 3.8) is 0 Å². The van der Waals surface area contributed by atoms with E-state index in [2.05, 4.69) is 11.8 Å². The van der Waals surface area contributed by atoms with Gasteiger partial charge in [-0.1, -0.05) is 26.2 Å². The molecule has 0 amide bonds. The van der Waals surface area contributed by atoms with Crippen LogP contribution in [0.25, 0.3) is 4.85 Å². The lowest BCUT2D eigenvalue weighted by Crippen LogP contribution is -2.13.